The SMILES string of the molecule is COCCOc1ccn2c(-c3ccc4cccc(O[C@@H]5CCN(C(=O)OCc6ccc7ccccc7c6)C[C@H]5F)c4n3)cnc2c1. The van der Waals surface area contributed by atoms with Gasteiger partial charge in [-0.2, -0.15) is 0 Å². The monoisotopic (exact) mass is 620 g/mol. The van der Waals surface area contributed by atoms with E-state index in [4.69, 9.17) is 23.9 Å². The normalized spacial score (nSPS) is 16.6. The van der Waals surface area contributed by atoms with E-state index in [1.165, 1.54) is 4.90 Å². The number of hydrogen-bond donors (Lipinski definition) is 0. The molecule has 10 heteroatoms. The van der Waals surface area contributed by atoms with Gasteiger partial charge in [-0.1, -0.05) is 54.6 Å². The van der Waals surface area contributed by atoms with Gasteiger partial charge >= 0.3 is 6.09 Å². The molecule has 0 N–H and O–H groups in total. The number of pyridine rings is 2. The second-order valence-corrected chi connectivity index (χ2v) is 11.2. The molecule has 0 bridgehead atoms. The molecule has 6 aromatic rings. The Morgan fingerprint density at radius 1 is 0.957 bits per heavy atom. The fourth-order valence-electron chi connectivity index (χ4n) is 5.75. The Kier molecular flexibility index (Phi) is 8.35. The van der Waals surface area contributed by atoms with E-state index in [0.29, 0.717) is 48.9 Å². The Balaban J connectivity index is 1.02. The number of rotatable bonds is 9. The molecular weight excluding hydrogens is 587 g/mol. The first-order valence-electron chi connectivity index (χ1n) is 15.2. The highest BCUT2D eigenvalue weighted by Gasteiger charge is 2.34. The van der Waals surface area contributed by atoms with Crippen molar-refractivity contribution in [2.24, 2.45) is 0 Å². The van der Waals surface area contributed by atoms with Gasteiger partial charge < -0.3 is 23.8 Å². The maximum absolute atomic E-state index is 15.5. The number of amides is 1. The van der Waals surface area contributed by atoms with Crippen LogP contribution in [0.25, 0.3) is 38.7 Å². The highest BCUT2D eigenvalue weighted by Crippen LogP contribution is 2.31. The third-order valence-corrected chi connectivity index (χ3v) is 8.18. The van der Waals surface area contributed by atoms with Gasteiger partial charge in [0, 0.05) is 37.7 Å². The molecule has 2 atom stereocenters. The first-order valence-corrected chi connectivity index (χ1v) is 15.2. The average Bonchev–Trinajstić information content (AvgIpc) is 3.51. The lowest BCUT2D eigenvalue weighted by Gasteiger charge is -2.34. The highest BCUT2D eigenvalue weighted by molar-refractivity contribution is 5.87. The Labute approximate surface area is 265 Å². The molecule has 1 aliphatic rings. The summed E-state index contributed by atoms with van der Waals surface area (Å²) in [5.41, 5.74) is 3.72. The van der Waals surface area contributed by atoms with E-state index in [1.54, 1.807) is 19.4 Å². The summed E-state index contributed by atoms with van der Waals surface area (Å²) >= 11 is 0. The number of carbonyl (C=O) groups is 1. The Morgan fingerprint density at radius 3 is 2.67 bits per heavy atom. The molecule has 1 fully saturated rings. The summed E-state index contributed by atoms with van der Waals surface area (Å²) in [5.74, 6) is 1.19. The molecule has 4 heterocycles. The number of likely N-dealkylation sites (tertiary alicyclic amines) is 1. The van der Waals surface area contributed by atoms with Gasteiger partial charge in [0.15, 0.2) is 6.17 Å². The maximum Gasteiger partial charge on any atom is 0.410 e. The molecule has 1 aliphatic heterocycles. The van der Waals surface area contributed by atoms with Crippen molar-refractivity contribution in [3.63, 3.8) is 0 Å². The quantitative estimate of drug-likeness (QED) is 0.163. The number of imidazole rings is 1. The minimum atomic E-state index is -1.39. The van der Waals surface area contributed by atoms with Crippen molar-refractivity contribution in [1.82, 2.24) is 19.3 Å². The minimum absolute atomic E-state index is 0.107. The number of carbonyl (C=O) groups excluding carboxylic acids is 1. The number of fused-ring (bicyclic) bond motifs is 3. The second-order valence-electron chi connectivity index (χ2n) is 11.2. The lowest BCUT2D eigenvalue weighted by atomic mass is 10.1. The summed E-state index contributed by atoms with van der Waals surface area (Å²) < 4.78 is 39.9. The molecule has 0 aliphatic carbocycles. The fourth-order valence-corrected chi connectivity index (χ4v) is 5.75. The molecule has 7 rings (SSSR count). The summed E-state index contributed by atoms with van der Waals surface area (Å²) in [5, 5.41) is 3.06. The number of halogens is 1. The molecule has 9 nitrogen and oxygen atoms in total. The largest absolute Gasteiger partial charge is 0.491 e. The van der Waals surface area contributed by atoms with Gasteiger partial charge in [0.25, 0.3) is 0 Å². The van der Waals surface area contributed by atoms with E-state index < -0.39 is 18.4 Å². The number of nitrogens with zero attached hydrogens (tertiary/aromatic N) is 4. The molecule has 1 saturated heterocycles. The number of aromatic nitrogens is 3. The van der Waals surface area contributed by atoms with Gasteiger partial charge in [-0.05, 0) is 40.6 Å². The average molecular weight is 621 g/mol. The molecule has 0 radical (unpaired) electrons. The summed E-state index contributed by atoms with van der Waals surface area (Å²) in [4.78, 5) is 23.7. The molecule has 0 spiro atoms. The molecule has 0 saturated carbocycles. The standard InChI is InChI=1S/C36H33FN4O5/c1-43-17-18-44-28-13-16-41-31(21-38-34(41)20-28)30-12-11-26-7-4-8-33(35(26)39-30)46-32-14-15-40(22-29(32)37)36(42)45-23-24-9-10-25-5-2-3-6-27(25)19-24/h2-13,16,19-21,29,32H,14-15,17-18,22-23H2,1H3/t29-,32-/m1/s1. The van der Waals surface area contributed by atoms with Crippen molar-refractivity contribution in [2.75, 3.05) is 33.4 Å². The fraction of sp³-hybridized carbons (Fsp3) is 0.250. The zero-order chi connectivity index (χ0) is 31.5. The smallest absolute Gasteiger partial charge is 0.410 e. The Morgan fingerprint density at radius 2 is 1.80 bits per heavy atom. The van der Waals surface area contributed by atoms with Crippen molar-refractivity contribution in [3.05, 3.63) is 103 Å². The van der Waals surface area contributed by atoms with Crippen molar-refractivity contribution in [1.29, 1.82) is 0 Å². The zero-order valence-electron chi connectivity index (χ0n) is 25.3. The summed E-state index contributed by atoms with van der Waals surface area (Å²) in [6.45, 7) is 1.28. The van der Waals surface area contributed by atoms with Crippen LogP contribution in [0.2, 0.25) is 0 Å². The number of alkyl halides is 1. The van der Waals surface area contributed by atoms with Gasteiger partial charge in [0.2, 0.25) is 0 Å². The van der Waals surface area contributed by atoms with Crippen LogP contribution in [-0.2, 0) is 16.1 Å². The zero-order valence-corrected chi connectivity index (χ0v) is 25.3. The van der Waals surface area contributed by atoms with E-state index in [9.17, 15) is 4.79 Å². The molecular formula is C36H33FN4O5. The van der Waals surface area contributed by atoms with Gasteiger partial charge in [0.1, 0.15) is 42.0 Å². The molecule has 0 unspecified atom stereocenters. The van der Waals surface area contributed by atoms with E-state index in [1.807, 2.05) is 89.5 Å². The predicted molar refractivity (Wildman–Crippen MR) is 173 cm³/mol. The van der Waals surface area contributed by atoms with Crippen LogP contribution in [-0.4, -0.2) is 71.1 Å². The van der Waals surface area contributed by atoms with Gasteiger partial charge in [0.05, 0.1) is 30.7 Å². The van der Waals surface area contributed by atoms with Gasteiger partial charge in [-0.25, -0.2) is 19.2 Å². The second kappa shape index (κ2) is 13.0. The number of benzene rings is 3. The van der Waals surface area contributed by atoms with E-state index >= 15 is 4.39 Å². The van der Waals surface area contributed by atoms with Crippen molar-refractivity contribution < 1.29 is 28.1 Å². The Hall–Kier alpha value is -5.22. The molecule has 1 amide bonds. The van der Waals surface area contributed by atoms with Gasteiger partial charge in [-0.15, -0.1) is 0 Å². The number of methoxy groups -OCH3 is 1. The first kappa shape index (κ1) is 29.5. The van der Waals surface area contributed by atoms with Crippen LogP contribution >= 0.6 is 0 Å². The predicted octanol–water partition coefficient (Wildman–Crippen LogP) is 6.86. The third kappa shape index (κ3) is 6.16. The van der Waals surface area contributed by atoms with E-state index in [-0.39, 0.29) is 13.2 Å². The molecule has 3 aromatic carbocycles. The van der Waals surface area contributed by atoms with E-state index in [0.717, 1.165) is 33.1 Å². The lowest BCUT2D eigenvalue weighted by molar-refractivity contribution is 0.0153. The topological polar surface area (TPSA) is 87.4 Å². The first-order chi connectivity index (χ1) is 22.6. The lowest BCUT2D eigenvalue weighted by Crippen LogP contribution is -2.49. The van der Waals surface area contributed by atoms with Crippen LogP contribution in [0.1, 0.15) is 12.0 Å². The number of hydrogen-bond acceptors (Lipinski definition) is 7. The van der Waals surface area contributed by atoms with Crippen LogP contribution < -0.4 is 9.47 Å². The van der Waals surface area contributed by atoms with Crippen LogP contribution in [0.5, 0.6) is 11.5 Å². The molecule has 46 heavy (non-hydrogen) atoms. The minimum Gasteiger partial charge on any atom is -0.491 e. The molecule has 234 valence electrons. The van der Waals surface area contributed by atoms with Crippen LogP contribution in [0.4, 0.5) is 9.18 Å². The molecule has 3 aromatic heterocycles. The van der Waals surface area contributed by atoms with Crippen LogP contribution in [0, 0.1) is 0 Å². The maximum atomic E-state index is 15.5. The summed E-state index contributed by atoms with van der Waals surface area (Å²) in [7, 11) is 1.63. The number of para-hydroxylation sites is 1. The van der Waals surface area contributed by atoms with Crippen molar-refractivity contribution in [3.8, 4) is 22.9 Å². The number of ether oxygens (including phenoxy) is 4. The van der Waals surface area contributed by atoms with Crippen LogP contribution in [0.3, 0.4) is 0 Å². The summed E-state index contributed by atoms with van der Waals surface area (Å²) in [6, 6.07) is 27.2. The Bertz CT molecular complexity index is 2010. The summed E-state index contributed by atoms with van der Waals surface area (Å²) in [6.07, 6.45) is 1.32. The van der Waals surface area contributed by atoms with Gasteiger partial charge in [-0.3, -0.25) is 4.40 Å². The highest BCUT2D eigenvalue weighted by atomic mass is 19.1. The third-order valence-electron chi connectivity index (χ3n) is 8.18. The van der Waals surface area contributed by atoms with Crippen molar-refractivity contribution in [2.45, 2.75) is 25.3 Å². The van der Waals surface area contributed by atoms with E-state index in [2.05, 4.69) is 4.98 Å². The van der Waals surface area contributed by atoms with Crippen LogP contribution in [0.15, 0.2) is 97.3 Å². The van der Waals surface area contributed by atoms with Crippen molar-refractivity contribution >= 4 is 33.4 Å². The number of piperidine rings is 1.